The van der Waals surface area contributed by atoms with Gasteiger partial charge >= 0.3 is 0 Å². The summed E-state index contributed by atoms with van der Waals surface area (Å²) >= 11 is 0. The van der Waals surface area contributed by atoms with E-state index in [0.717, 1.165) is 0 Å². The lowest BCUT2D eigenvalue weighted by molar-refractivity contribution is -0.174. The number of rotatable bonds is 2. The van der Waals surface area contributed by atoms with Crippen molar-refractivity contribution >= 4 is 0 Å². The molecular formula is C7H15NO2. The van der Waals surface area contributed by atoms with E-state index in [1.165, 1.54) is 0 Å². The first-order valence-corrected chi connectivity index (χ1v) is 3.67. The van der Waals surface area contributed by atoms with Crippen molar-refractivity contribution in [1.82, 2.24) is 0 Å². The summed E-state index contributed by atoms with van der Waals surface area (Å²) in [5, 5.41) is 0. The summed E-state index contributed by atoms with van der Waals surface area (Å²) in [5.41, 5.74) is 5.48. The van der Waals surface area contributed by atoms with Crippen LogP contribution in [0.25, 0.3) is 0 Å². The zero-order valence-electron chi connectivity index (χ0n) is 6.59. The largest absolute Gasteiger partial charge is 0.347 e. The summed E-state index contributed by atoms with van der Waals surface area (Å²) in [5.74, 6) is -0.149. The molecule has 1 heterocycles. The van der Waals surface area contributed by atoms with Crippen molar-refractivity contribution in [3.63, 3.8) is 0 Å². The molecule has 0 bridgehead atoms. The maximum atomic E-state index is 5.48. The first-order chi connectivity index (χ1) is 4.69. The van der Waals surface area contributed by atoms with Crippen LogP contribution in [0.15, 0.2) is 0 Å². The Labute approximate surface area is 61.5 Å². The minimum absolute atomic E-state index is 0.273. The molecule has 0 aromatic rings. The topological polar surface area (TPSA) is 44.5 Å². The van der Waals surface area contributed by atoms with Crippen molar-refractivity contribution in [2.24, 2.45) is 11.7 Å². The van der Waals surface area contributed by atoms with Gasteiger partial charge in [0.25, 0.3) is 0 Å². The Morgan fingerprint density at radius 1 is 1.50 bits per heavy atom. The third-order valence-corrected chi connectivity index (χ3v) is 2.11. The van der Waals surface area contributed by atoms with Crippen LogP contribution in [-0.2, 0) is 9.47 Å². The van der Waals surface area contributed by atoms with Gasteiger partial charge in [0.1, 0.15) is 0 Å². The van der Waals surface area contributed by atoms with Crippen molar-refractivity contribution in [2.45, 2.75) is 19.6 Å². The molecule has 3 nitrogen and oxygen atoms in total. The van der Waals surface area contributed by atoms with Gasteiger partial charge in [-0.25, -0.2) is 0 Å². The third kappa shape index (κ3) is 1.31. The van der Waals surface area contributed by atoms with Gasteiger partial charge in [-0.05, 0) is 13.5 Å². The Morgan fingerprint density at radius 2 is 2.00 bits per heavy atom. The second-order valence-electron chi connectivity index (χ2n) is 2.85. The molecule has 2 N–H and O–H groups in total. The summed E-state index contributed by atoms with van der Waals surface area (Å²) in [6.45, 7) is 5.97. The maximum Gasteiger partial charge on any atom is 0.169 e. The molecule has 3 heteroatoms. The lowest BCUT2D eigenvalue weighted by Gasteiger charge is -2.28. The van der Waals surface area contributed by atoms with Crippen LogP contribution in [0.1, 0.15) is 13.8 Å². The highest BCUT2D eigenvalue weighted by molar-refractivity contribution is 4.75. The van der Waals surface area contributed by atoms with Gasteiger partial charge in [0.2, 0.25) is 0 Å². The van der Waals surface area contributed by atoms with Crippen LogP contribution in [0.4, 0.5) is 0 Å². The highest BCUT2D eigenvalue weighted by atomic mass is 16.7. The van der Waals surface area contributed by atoms with Crippen molar-refractivity contribution in [2.75, 3.05) is 19.8 Å². The molecule has 10 heavy (non-hydrogen) atoms. The quantitative estimate of drug-likeness (QED) is 0.609. The Kier molecular flexibility index (Phi) is 2.28. The number of hydrogen-bond acceptors (Lipinski definition) is 3. The van der Waals surface area contributed by atoms with Crippen LogP contribution >= 0.6 is 0 Å². The predicted molar refractivity (Wildman–Crippen MR) is 38.5 cm³/mol. The molecule has 1 aliphatic heterocycles. The normalized spacial score (nSPS) is 26.7. The Hall–Kier alpha value is -0.120. The van der Waals surface area contributed by atoms with E-state index in [2.05, 4.69) is 0 Å². The summed E-state index contributed by atoms with van der Waals surface area (Å²) in [4.78, 5) is 0. The molecule has 1 unspecified atom stereocenters. The average Bonchev–Trinajstić information content (AvgIpc) is 2.36. The lowest BCUT2D eigenvalue weighted by atomic mass is 10.0. The fourth-order valence-corrected chi connectivity index (χ4v) is 1.03. The Balaban J connectivity index is 2.49. The van der Waals surface area contributed by atoms with Gasteiger partial charge in [-0.15, -0.1) is 0 Å². The first-order valence-electron chi connectivity index (χ1n) is 3.67. The molecule has 1 atom stereocenters. The van der Waals surface area contributed by atoms with Gasteiger partial charge in [0.05, 0.1) is 13.2 Å². The third-order valence-electron chi connectivity index (χ3n) is 2.11. The smallest absolute Gasteiger partial charge is 0.169 e. The molecule has 0 aliphatic carbocycles. The van der Waals surface area contributed by atoms with E-state index < -0.39 is 5.79 Å². The van der Waals surface area contributed by atoms with E-state index in [0.29, 0.717) is 19.8 Å². The first kappa shape index (κ1) is 7.98. The summed E-state index contributed by atoms with van der Waals surface area (Å²) in [6.07, 6.45) is 0. The molecule has 1 saturated heterocycles. The van der Waals surface area contributed by atoms with Gasteiger partial charge in [-0.3, -0.25) is 0 Å². The second kappa shape index (κ2) is 2.86. The minimum Gasteiger partial charge on any atom is -0.347 e. The monoisotopic (exact) mass is 145 g/mol. The fourth-order valence-electron chi connectivity index (χ4n) is 1.03. The SMILES string of the molecule is CC(CN)C1(C)OCCO1. The highest BCUT2D eigenvalue weighted by Gasteiger charge is 2.35. The van der Waals surface area contributed by atoms with Gasteiger partial charge < -0.3 is 15.2 Å². The van der Waals surface area contributed by atoms with Crippen molar-refractivity contribution < 1.29 is 9.47 Å². The summed E-state index contributed by atoms with van der Waals surface area (Å²) < 4.78 is 10.8. The summed E-state index contributed by atoms with van der Waals surface area (Å²) in [7, 11) is 0. The van der Waals surface area contributed by atoms with Gasteiger partial charge in [-0.2, -0.15) is 0 Å². The molecule has 0 radical (unpaired) electrons. The minimum atomic E-state index is -0.422. The molecule has 60 valence electrons. The predicted octanol–water partition coefficient (Wildman–Crippen LogP) is 0.344. The van der Waals surface area contributed by atoms with Crippen molar-refractivity contribution in [3.8, 4) is 0 Å². The van der Waals surface area contributed by atoms with Crippen LogP contribution < -0.4 is 5.73 Å². The van der Waals surface area contributed by atoms with E-state index in [9.17, 15) is 0 Å². The highest BCUT2D eigenvalue weighted by Crippen LogP contribution is 2.26. The van der Waals surface area contributed by atoms with E-state index >= 15 is 0 Å². The number of nitrogens with two attached hydrogens (primary N) is 1. The van der Waals surface area contributed by atoms with Crippen molar-refractivity contribution in [3.05, 3.63) is 0 Å². The zero-order valence-corrected chi connectivity index (χ0v) is 6.59. The van der Waals surface area contributed by atoms with E-state index in [1.807, 2.05) is 13.8 Å². The molecule has 1 rings (SSSR count). The van der Waals surface area contributed by atoms with Crippen LogP contribution in [-0.4, -0.2) is 25.5 Å². The van der Waals surface area contributed by atoms with Crippen LogP contribution in [0.3, 0.4) is 0 Å². The van der Waals surface area contributed by atoms with Gasteiger partial charge in [0, 0.05) is 5.92 Å². The summed E-state index contributed by atoms with van der Waals surface area (Å²) in [6, 6.07) is 0. The van der Waals surface area contributed by atoms with E-state index in [-0.39, 0.29) is 5.92 Å². The van der Waals surface area contributed by atoms with E-state index in [4.69, 9.17) is 15.2 Å². The molecule has 1 aliphatic rings. The Bertz CT molecular complexity index is 110. The molecular weight excluding hydrogens is 130 g/mol. The molecule has 0 aromatic heterocycles. The lowest BCUT2D eigenvalue weighted by Crippen LogP contribution is -2.38. The zero-order chi connectivity index (χ0) is 7.61. The Morgan fingerprint density at radius 3 is 2.40 bits per heavy atom. The van der Waals surface area contributed by atoms with Crippen molar-refractivity contribution in [1.29, 1.82) is 0 Å². The molecule has 0 spiro atoms. The van der Waals surface area contributed by atoms with Crippen LogP contribution in [0, 0.1) is 5.92 Å². The molecule has 0 aromatic carbocycles. The number of hydrogen-bond donors (Lipinski definition) is 1. The number of ether oxygens (including phenoxy) is 2. The fraction of sp³-hybridized carbons (Fsp3) is 1.00. The van der Waals surface area contributed by atoms with Crippen LogP contribution in [0.5, 0.6) is 0 Å². The molecule has 0 amide bonds. The average molecular weight is 145 g/mol. The maximum absolute atomic E-state index is 5.48. The van der Waals surface area contributed by atoms with Gasteiger partial charge in [0.15, 0.2) is 5.79 Å². The molecule has 0 saturated carbocycles. The second-order valence-corrected chi connectivity index (χ2v) is 2.85. The van der Waals surface area contributed by atoms with Crippen LogP contribution in [0.2, 0.25) is 0 Å². The standard InChI is InChI=1S/C7H15NO2/c1-6(5-8)7(2)9-3-4-10-7/h6H,3-5,8H2,1-2H3. The van der Waals surface area contributed by atoms with E-state index in [1.54, 1.807) is 0 Å². The van der Waals surface area contributed by atoms with Gasteiger partial charge in [-0.1, -0.05) is 6.92 Å². The molecule has 1 fully saturated rings.